The van der Waals surface area contributed by atoms with Crippen molar-refractivity contribution < 1.29 is 19.1 Å². The van der Waals surface area contributed by atoms with Gasteiger partial charge in [-0.05, 0) is 47.5 Å². The van der Waals surface area contributed by atoms with Crippen molar-refractivity contribution in [1.29, 1.82) is 0 Å². The summed E-state index contributed by atoms with van der Waals surface area (Å²) in [6.07, 6.45) is 0.898. The van der Waals surface area contributed by atoms with Crippen LogP contribution in [0.3, 0.4) is 0 Å². The largest absolute Gasteiger partial charge is 0.469 e. The molecule has 0 spiro atoms. The number of hydrogen-bond acceptors (Lipinski definition) is 4. The molecule has 1 atom stereocenters. The van der Waals surface area contributed by atoms with Crippen molar-refractivity contribution in [3.05, 3.63) is 0 Å². The molecule has 0 bridgehead atoms. The van der Waals surface area contributed by atoms with Gasteiger partial charge in [0.15, 0.2) is 0 Å². The van der Waals surface area contributed by atoms with Gasteiger partial charge in [-0.15, -0.1) is 0 Å². The topological polar surface area (TPSA) is 55.8 Å². The fourth-order valence-electron chi connectivity index (χ4n) is 2.43. The van der Waals surface area contributed by atoms with Gasteiger partial charge >= 0.3 is 12.1 Å². The fourth-order valence-corrected chi connectivity index (χ4v) is 2.43. The maximum Gasteiger partial charge on any atom is 0.410 e. The summed E-state index contributed by atoms with van der Waals surface area (Å²) in [4.78, 5) is 25.5. The first-order chi connectivity index (χ1) is 8.57. The predicted molar refractivity (Wildman–Crippen MR) is 71.8 cm³/mol. The second-order valence-electron chi connectivity index (χ2n) is 6.66. The van der Waals surface area contributed by atoms with E-state index in [2.05, 4.69) is 0 Å². The number of methoxy groups -OCH3 is 1. The van der Waals surface area contributed by atoms with Crippen LogP contribution in [0.2, 0.25) is 0 Å². The molecule has 5 heteroatoms. The number of rotatable bonds is 1. The normalized spacial score (nSPS) is 22.8. The number of piperidine rings is 1. The molecule has 0 unspecified atom stereocenters. The maximum absolute atomic E-state index is 12.2. The Kier molecular flexibility index (Phi) is 4.48. The van der Waals surface area contributed by atoms with E-state index in [-0.39, 0.29) is 18.0 Å². The zero-order chi connectivity index (χ0) is 14.8. The average Bonchev–Trinajstić information content (AvgIpc) is 2.23. The highest BCUT2D eigenvalue weighted by Gasteiger charge is 2.41. The van der Waals surface area contributed by atoms with E-state index < -0.39 is 11.1 Å². The van der Waals surface area contributed by atoms with Gasteiger partial charge in [0.2, 0.25) is 0 Å². The Morgan fingerprint density at radius 1 is 1.26 bits per heavy atom. The van der Waals surface area contributed by atoms with Crippen LogP contribution in [0.15, 0.2) is 0 Å². The van der Waals surface area contributed by atoms with Gasteiger partial charge in [0.05, 0.1) is 13.0 Å². The van der Waals surface area contributed by atoms with Gasteiger partial charge in [0.25, 0.3) is 0 Å². The van der Waals surface area contributed by atoms with E-state index in [0.29, 0.717) is 19.4 Å². The van der Waals surface area contributed by atoms with Crippen molar-refractivity contribution in [2.24, 2.45) is 5.92 Å². The van der Waals surface area contributed by atoms with E-state index in [0.717, 1.165) is 0 Å². The van der Waals surface area contributed by atoms with Crippen molar-refractivity contribution in [1.82, 2.24) is 4.90 Å². The molecular formula is C14H25NO4. The molecule has 1 saturated heterocycles. The van der Waals surface area contributed by atoms with E-state index in [1.165, 1.54) is 7.11 Å². The second kappa shape index (κ2) is 5.39. The van der Waals surface area contributed by atoms with Crippen LogP contribution in [0.25, 0.3) is 0 Å². The first kappa shape index (κ1) is 15.8. The van der Waals surface area contributed by atoms with Crippen molar-refractivity contribution in [2.75, 3.05) is 13.7 Å². The number of carbonyl (C=O) groups excluding carboxylic acids is 2. The highest BCUT2D eigenvalue weighted by Crippen LogP contribution is 2.33. The van der Waals surface area contributed by atoms with Gasteiger partial charge in [0.1, 0.15) is 5.60 Å². The molecule has 1 amide bonds. The Morgan fingerprint density at radius 3 is 2.26 bits per heavy atom. The number of amides is 1. The van der Waals surface area contributed by atoms with Crippen LogP contribution in [-0.4, -0.2) is 41.8 Å². The van der Waals surface area contributed by atoms with Gasteiger partial charge < -0.3 is 14.4 Å². The molecular weight excluding hydrogens is 246 g/mol. The summed E-state index contributed by atoms with van der Waals surface area (Å²) in [7, 11) is 1.40. The first-order valence-corrected chi connectivity index (χ1v) is 6.65. The van der Waals surface area contributed by atoms with Crippen LogP contribution in [0.1, 0.15) is 47.5 Å². The molecule has 0 aromatic rings. The lowest BCUT2D eigenvalue weighted by atomic mass is 9.83. The summed E-state index contributed by atoms with van der Waals surface area (Å²) < 4.78 is 10.2. The lowest BCUT2D eigenvalue weighted by molar-refractivity contribution is -0.149. The lowest BCUT2D eigenvalue weighted by Crippen LogP contribution is -2.55. The van der Waals surface area contributed by atoms with E-state index in [1.54, 1.807) is 4.90 Å². The monoisotopic (exact) mass is 271 g/mol. The van der Waals surface area contributed by atoms with E-state index in [4.69, 9.17) is 9.47 Å². The lowest BCUT2D eigenvalue weighted by Gasteiger charge is -2.44. The second-order valence-corrected chi connectivity index (χ2v) is 6.66. The quantitative estimate of drug-likeness (QED) is 0.688. The first-order valence-electron chi connectivity index (χ1n) is 6.65. The molecule has 0 aromatic heterocycles. The van der Waals surface area contributed by atoms with Crippen LogP contribution in [-0.2, 0) is 14.3 Å². The van der Waals surface area contributed by atoms with Crippen molar-refractivity contribution >= 4 is 12.1 Å². The van der Waals surface area contributed by atoms with Crippen LogP contribution in [0.5, 0.6) is 0 Å². The Labute approximate surface area is 115 Å². The minimum atomic E-state index is -0.508. The van der Waals surface area contributed by atoms with E-state index in [9.17, 15) is 9.59 Å². The van der Waals surface area contributed by atoms with E-state index in [1.807, 2.05) is 34.6 Å². The van der Waals surface area contributed by atoms with Crippen LogP contribution in [0, 0.1) is 5.92 Å². The molecule has 0 N–H and O–H groups in total. The summed E-state index contributed by atoms with van der Waals surface area (Å²) in [5.74, 6) is -0.337. The van der Waals surface area contributed by atoms with Gasteiger partial charge in [-0.25, -0.2) is 4.79 Å². The summed E-state index contributed by atoms with van der Waals surface area (Å²) in [5.41, 5.74) is -0.911. The SMILES string of the molecule is COC(=O)[C@@H]1CCN(C(=O)OC(C)(C)C)C(C)(C)C1. The molecule has 5 nitrogen and oxygen atoms in total. The van der Waals surface area contributed by atoms with Gasteiger partial charge in [-0.1, -0.05) is 0 Å². The van der Waals surface area contributed by atoms with Crippen molar-refractivity contribution in [3.63, 3.8) is 0 Å². The number of carbonyl (C=O) groups is 2. The molecule has 0 radical (unpaired) electrons. The van der Waals surface area contributed by atoms with E-state index >= 15 is 0 Å². The molecule has 0 aliphatic carbocycles. The number of hydrogen-bond donors (Lipinski definition) is 0. The minimum absolute atomic E-state index is 0.140. The highest BCUT2D eigenvalue weighted by molar-refractivity contribution is 5.74. The van der Waals surface area contributed by atoms with Crippen molar-refractivity contribution in [3.8, 4) is 0 Å². The average molecular weight is 271 g/mol. The van der Waals surface area contributed by atoms with Crippen LogP contribution in [0.4, 0.5) is 4.79 Å². The zero-order valence-electron chi connectivity index (χ0n) is 12.8. The highest BCUT2D eigenvalue weighted by atomic mass is 16.6. The number of ether oxygens (including phenoxy) is 2. The van der Waals surface area contributed by atoms with Crippen LogP contribution >= 0.6 is 0 Å². The minimum Gasteiger partial charge on any atom is -0.469 e. The molecule has 0 aromatic carbocycles. The van der Waals surface area contributed by atoms with Gasteiger partial charge in [-0.3, -0.25) is 4.79 Å². The third kappa shape index (κ3) is 4.11. The summed E-state index contributed by atoms with van der Waals surface area (Å²) in [6, 6.07) is 0. The maximum atomic E-state index is 12.2. The molecule has 110 valence electrons. The molecule has 1 aliphatic heterocycles. The third-order valence-electron chi connectivity index (χ3n) is 3.33. The van der Waals surface area contributed by atoms with Gasteiger partial charge in [0, 0.05) is 12.1 Å². The molecule has 1 aliphatic rings. The third-order valence-corrected chi connectivity index (χ3v) is 3.33. The van der Waals surface area contributed by atoms with Crippen LogP contribution < -0.4 is 0 Å². The zero-order valence-corrected chi connectivity index (χ0v) is 12.8. The van der Waals surface area contributed by atoms with Crippen molar-refractivity contribution in [2.45, 2.75) is 58.6 Å². The standard InChI is InChI=1S/C14H25NO4/c1-13(2,3)19-12(17)15-8-7-10(11(16)18-6)9-14(15,4)5/h10H,7-9H2,1-6H3/t10-/m1/s1. The Bertz CT molecular complexity index is 357. The molecule has 0 saturated carbocycles. The number of nitrogens with zero attached hydrogens (tertiary/aromatic N) is 1. The fraction of sp³-hybridized carbons (Fsp3) is 0.857. The molecule has 1 heterocycles. The molecule has 1 fully saturated rings. The summed E-state index contributed by atoms with van der Waals surface area (Å²) in [6.45, 7) is 9.96. The number of esters is 1. The smallest absolute Gasteiger partial charge is 0.410 e. The summed E-state index contributed by atoms with van der Waals surface area (Å²) in [5, 5.41) is 0. The molecule has 19 heavy (non-hydrogen) atoms. The number of likely N-dealkylation sites (tertiary alicyclic amines) is 1. The Balaban J connectivity index is 2.74. The molecule has 1 rings (SSSR count). The predicted octanol–water partition coefficient (Wildman–Crippen LogP) is 2.59. The van der Waals surface area contributed by atoms with Gasteiger partial charge in [-0.2, -0.15) is 0 Å². The Hall–Kier alpha value is -1.26. The Morgan fingerprint density at radius 2 is 1.84 bits per heavy atom. The summed E-state index contributed by atoms with van der Waals surface area (Å²) >= 11 is 0.